The molecule has 0 aliphatic heterocycles. The highest BCUT2D eigenvalue weighted by molar-refractivity contribution is 7.81. The maximum absolute atomic E-state index is 9.92. The lowest BCUT2D eigenvalue weighted by atomic mass is 10.3. The number of anilines is 1. The van der Waals surface area contributed by atoms with Crippen molar-refractivity contribution in [1.82, 2.24) is 0 Å². The first kappa shape index (κ1) is 20.7. The molecule has 0 aromatic heterocycles. The topological polar surface area (TPSA) is 108 Å². The van der Waals surface area contributed by atoms with Crippen LogP contribution in [0, 0.1) is 0 Å². The number of phenols is 1. The van der Waals surface area contributed by atoms with Crippen LogP contribution in [-0.4, -0.2) is 34.9 Å². The SMILES string of the molecule is COS(=O)(=O)OC.COc1ccccc1N.Oc1ccccc1. The van der Waals surface area contributed by atoms with Gasteiger partial charge in [0.25, 0.3) is 0 Å². The molecule has 0 bridgehead atoms. The smallest absolute Gasteiger partial charge is 0.399 e. The summed E-state index contributed by atoms with van der Waals surface area (Å²) >= 11 is 0. The van der Waals surface area contributed by atoms with E-state index in [-0.39, 0.29) is 0 Å². The van der Waals surface area contributed by atoms with E-state index in [0.717, 1.165) is 20.0 Å². The van der Waals surface area contributed by atoms with Crippen molar-refractivity contribution in [2.75, 3.05) is 27.1 Å². The Morgan fingerprint density at radius 1 is 0.870 bits per heavy atom. The van der Waals surface area contributed by atoms with Gasteiger partial charge >= 0.3 is 10.4 Å². The maximum Gasteiger partial charge on any atom is 0.399 e. The standard InChI is InChI=1S/C7H9NO.C6H6O.C2H6O4S/c1-9-7-5-3-2-4-6(7)8;7-6-4-2-1-3-5-6;1-5-7(3,4)6-2/h2-5H,8H2,1H3;1-5,7H;1-2H3. The molecule has 7 nitrogen and oxygen atoms in total. The molecule has 0 aliphatic rings. The number of benzene rings is 2. The number of nitrogens with two attached hydrogens (primary N) is 1. The van der Waals surface area contributed by atoms with E-state index in [4.69, 9.17) is 15.6 Å². The second kappa shape index (κ2) is 11.3. The van der Waals surface area contributed by atoms with Crippen molar-refractivity contribution in [2.45, 2.75) is 0 Å². The average molecular weight is 343 g/mol. The summed E-state index contributed by atoms with van der Waals surface area (Å²) in [7, 11) is -0.00130. The highest BCUT2D eigenvalue weighted by Gasteiger charge is 2.01. The molecule has 0 spiro atoms. The zero-order valence-corrected chi connectivity index (χ0v) is 14.0. The number of ether oxygens (including phenoxy) is 1. The minimum atomic E-state index is -3.66. The highest BCUT2D eigenvalue weighted by atomic mass is 32.3. The van der Waals surface area contributed by atoms with Gasteiger partial charge in [-0.25, -0.2) is 0 Å². The van der Waals surface area contributed by atoms with Crippen LogP contribution >= 0.6 is 0 Å². The number of methoxy groups -OCH3 is 1. The Bertz CT molecular complexity index is 636. The van der Waals surface area contributed by atoms with E-state index in [2.05, 4.69) is 8.37 Å². The summed E-state index contributed by atoms with van der Waals surface area (Å²) in [5, 5.41) is 8.63. The molecule has 2 rings (SSSR count). The Kier molecular flexibility index (Phi) is 10.2. The van der Waals surface area contributed by atoms with Crippen LogP contribution in [0.3, 0.4) is 0 Å². The highest BCUT2D eigenvalue weighted by Crippen LogP contribution is 2.18. The van der Waals surface area contributed by atoms with E-state index >= 15 is 0 Å². The van der Waals surface area contributed by atoms with Gasteiger partial charge in [-0.2, -0.15) is 8.42 Å². The van der Waals surface area contributed by atoms with Gasteiger partial charge in [-0.05, 0) is 24.3 Å². The van der Waals surface area contributed by atoms with Gasteiger partial charge in [-0.1, -0.05) is 30.3 Å². The second-order valence-electron chi connectivity index (χ2n) is 3.82. The molecule has 0 unspecified atom stereocenters. The Balaban J connectivity index is 0.000000320. The average Bonchev–Trinajstić information content (AvgIpc) is 2.57. The summed E-state index contributed by atoms with van der Waals surface area (Å²) in [6.45, 7) is 0. The van der Waals surface area contributed by atoms with Gasteiger partial charge < -0.3 is 15.6 Å². The molecular formula is C15H21NO6S. The summed E-state index contributed by atoms with van der Waals surface area (Å²) in [6, 6.07) is 16.1. The molecule has 0 fully saturated rings. The number of aromatic hydroxyl groups is 1. The largest absolute Gasteiger partial charge is 0.508 e. The van der Waals surface area contributed by atoms with Crippen LogP contribution < -0.4 is 10.5 Å². The number of hydrogen-bond acceptors (Lipinski definition) is 7. The molecular weight excluding hydrogens is 322 g/mol. The van der Waals surface area contributed by atoms with Gasteiger partial charge in [0.1, 0.15) is 11.5 Å². The summed E-state index contributed by atoms with van der Waals surface area (Å²) in [4.78, 5) is 0. The molecule has 128 valence electrons. The summed E-state index contributed by atoms with van der Waals surface area (Å²) in [5.74, 6) is 1.06. The zero-order valence-electron chi connectivity index (χ0n) is 13.2. The van der Waals surface area contributed by atoms with Crippen LogP contribution in [0.2, 0.25) is 0 Å². The fourth-order valence-electron chi connectivity index (χ4n) is 1.16. The number of para-hydroxylation sites is 3. The molecule has 0 radical (unpaired) electrons. The van der Waals surface area contributed by atoms with Crippen molar-refractivity contribution >= 4 is 16.1 Å². The minimum Gasteiger partial charge on any atom is -0.508 e. The van der Waals surface area contributed by atoms with E-state index in [1.807, 2.05) is 24.3 Å². The third-order valence-electron chi connectivity index (χ3n) is 2.30. The van der Waals surface area contributed by atoms with Crippen LogP contribution in [0.25, 0.3) is 0 Å². The number of nitrogen functional groups attached to an aromatic ring is 1. The molecule has 2 aromatic carbocycles. The summed E-state index contributed by atoms with van der Waals surface area (Å²) in [5.41, 5.74) is 6.19. The molecule has 0 aliphatic carbocycles. The van der Waals surface area contributed by atoms with E-state index in [1.165, 1.54) is 0 Å². The molecule has 0 amide bonds. The number of phenolic OH excluding ortho intramolecular Hbond substituents is 1. The zero-order chi connectivity index (χ0) is 17.7. The van der Waals surface area contributed by atoms with Crippen molar-refractivity contribution in [3.05, 3.63) is 54.6 Å². The second-order valence-corrected chi connectivity index (χ2v) is 5.30. The van der Waals surface area contributed by atoms with Crippen LogP contribution in [0.1, 0.15) is 0 Å². The van der Waals surface area contributed by atoms with Crippen molar-refractivity contribution in [3.8, 4) is 11.5 Å². The predicted molar refractivity (Wildman–Crippen MR) is 88.5 cm³/mol. The van der Waals surface area contributed by atoms with Crippen molar-refractivity contribution < 1.29 is 26.6 Å². The van der Waals surface area contributed by atoms with Crippen LogP contribution in [0.5, 0.6) is 11.5 Å². The lowest BCUT2D eigenvalue weighted by molar-refractivity contribution is 0.286. The summed E-state index contributed by atoms with van der Waals surface area (Å²) in [6.07, 6.45) is 0. The van der Waals surface area contributed by atoms with Crippen molar-refractivity contribution in [3.63, 3.8) is 0 Å². The number of rotatable bonds is 3. The Hall–Kier alpha value is -2.29. The van der Waals surface area contributed by atoms with Crippen LogP contribution in [-0.2, 0) is 18.8 Å². The molecule has 0 atom stereocenters. The van der Waals surface area contributed by atoms with E-state index in [9.17, 15) is 8.42 Å². The quantitative estimate of drug-likeness (QED) is 0.822. The first-order valence-electron chi connectivity index (χ1n) is 6.35. The van der Waals surface area contributed by atoms with Crippen molar-refractivity contribution in [2.24, 2.45) is 0 Å². The predicted octanol–water partition coefficient (Wildman–Crippen LogP) is 2.19. The molecule has 8 heteroatoms. The van der Waals surface area contributed by atoms with Gasteiger partial charge in [-0.15, -0.1) is 0 Å². The third kappa shape index (κ3) is 10.1. The first-order valence-corrected chi connectivity index (χ1v) is 7.68. The summed E-state index contributed by atoms with van der Waals surface area (Å²) < 4.78 is 32.4. The van der Waals surface area contributed by atoms with Gasteiger partial charge in [0.15, 0.2) is 0 Å². The van der Waals surface area contributed by atoms with E-state index in [0.29, 0.717) is 11.4 Å². The fraction of sp³-hybridized carbons (Fsp3) is 0.200. The normalized spacial score (nSPS) is 9.70. The molecule has 3 N–H and O–H groups in total. The Labute approximate surface area is 136 Å². The lowest BCUT2D eigenvalue weighted by Crippen LogP contribution is -2.02. The van der Waals surface area contributed by atoms with Gasteiger partial charge in [0, 0.05) is 0 Å². The van der Waals surface area contributed by atoms with E-state index < -0.39 is 10.4 Å². The first-order chi connectivity index (χ1) is 10.9. The van der Waals surface area contributed by atoms with Gasteiger partial charge in [0.05, 0.1) is 27.0 Å². The Morgan fingerprint density at radius 3 is 1.61 bits per heavy atom. The fourth-order valence-corrected chi connectivity index (χ4v) is 1.30. The van der Waals surface area contributed by atoms with E-state index in [1.54, 1.807) is 37.4 Å². The number of hydrogen-bond donors (Lipinski definition) is 2. The molecule has 0 saturated heterocycles. The Morgan fingerprint density at radius 2 is 1.35 bits per heavy atom. The minimum absolute atomic E-state index is 0.322. The third-order valence-corrected chi connectivity index (χ3v) is 3.12. The van der Waals surface area contributed by atoms with Crippen molar-refractivity contribution in [1.29, 1.82) is 0 Å². The molecule has 23 heavy (non-hydrogen) atoms. The van der Waals surface area contributed by atoms with Gasteiger partial charge in [0.2, 0.25) is 0 Å². The molecule has 2 aromatic rings. The van der Waals surface area contributed by atoms with Gasteiger partial charge in [-0.3, -0.25) is 8.37 Å². The van der Waals surface area contributed by atoms with Crippen LogP contribution in [0.15, 0.2) is 54.6 Å². The molecule has 0 heterocycles. The maximum atomic E-state index is 9.92. The monoisotopic (exact) mass is 343 g/mol. The molecule has 0 saturated carbocycles. The lowest BCUT2D eigenvalue weighted by Gasteiger charge is -2.00. The van der Waals surface area contributed by atoms with Crippen LogP contribution in [0.4, 0.5) is 5.69 Å².